The fourth-order valence-electron chi connectivity index (χ4n) is 7.46. The topological polar surface area (TPSA) is 169 Å². The molecule has 3 aliphatic heterocycles. The van der Waals surface area contributed by atoms with Crippen molar-refractivity contribution in [3.05, 3.63) is 82.3 Å². The van der Waals surface area contributed by atoms with Gasteiger partial charge in [0.05, 0.1) is 30.3 Å². The Bertz CT molecular complexity index is 1630. The first kappa shape index (κ1) is 43.0. The molecule has 3 aliphatic rings. The van der Waals surface area contributed by atoms with E-state index in [1.165, 1.54) is 14.2 Å². The Morgan fingerprint density at radius 2 is 1.53 bits per heavy atom. The second-order valence-corrected chi connectivity index (χ2v) is 15.5. The Balaban J connectivity index is 1.30. The van der Waals surface area contributed by atoms with E-state index in [9.17, 15) is 24.6 Å². The van der Waals surface area contributed by atoms with Gasteiger partial charge in [-0.1, -0.05) is 74.5 Å². The van der Waals surface area contributed by atoms with Gasteiger partial charge in [0, 0.05) is 27.2 Å². The number of imide groups is 1. The summed E-state index contributed by atoms with van der Waals surface area (Å²) >= 11 is 3.28. The molecule has 9 atom stereocenters. The van der Waals surface area contributed by atoms with Crippen LogP contribution >= 0.6 is 15.9 Å². The van der Waals surface area contributed by atoms with Gasteiger partial charge in [-0.2, -0.15) is 0 Å². The van der Waals surface area contributed by atoms with E-state index >= 15 is 0 Å². The third kappa shape index (κ3) is 9.90. The van der Waals surface area contributed by atoms with Crippen LogP contribution in [0.3, 0.4) is 0 Å². The van der Waals surface area contributed by atoms with Crippen molar-refractivity contribution < 1.29 is 62.5 Å². The largest absolute Gasteiger partial charge is 0.441 e. The summed E-state index contributed by atoms with van der Waals surface area (Å²) in [6.07, 6.45) is -6.82. The predicted octanol–water partition coefficient (Wildman–Crippen LogP) is 4.42. The second-order valence-electron chi connectivity index (χ2n) is 14.7. The monoisotopic (exact) mass is 833 g/mol. The van der Waals surface area contributed by atoms with Crippen molar-refractivity contribution in [3.63, 3.8) is 0 Å². The molecule has 0 unspecified atom stereocenters. The van der Waals surface area contributed by atoms with Crippen molar-refractivity contribution in [1.82, 2.24) is 4.90 Å². The zero-order valence-electron chi connectivity index (χ0n) is 32.0. The standard InChI is InChI=1S/C40H52BrNO13/c1-24(2)35-39(3,4)55-38(46)42(35)36(45)33(48-5)30-27(44)20-29(41)40(47,54-30)18-13-19-50-34-32(52-23-26-16-11-8-12-17-26)31(28(21-43)53-37(34)49-6)51-22-25-14-9-7-10-15-25/h7-12,14-17,20,24,28,30-35,37,43,47H,13,18-19,21-23H2,1-6H3/t28-,30+,31-,32+,33+,34+,35+,37+,40-/m1/s1. The molecule has 302 valence electrons. The molecule has 14 nitrogen and oxygen atoms in total. The minimum absolute atomic E-state index is 0.0379. The van der Waals surface area contributed by atoms with Crippen molar-refractivity contribution in [2.75, 3.05) is 27.4 Å². The molecule has 2 aromatic carbocycles. The van der Waals surface area contributed by atoms with Crippen molar-refractivity contribution in [1.29, 1.82) is 0 Å². The molecular formula is C40H52BrNO13. The van der Waals surface area contributed by atoms with E-state index in [-0.39, 0.29) is 49.7 Å². The minimum Gasteiger partial charge on any atom is -0.441 e. The Morgan fingerprint density at radius 1 is 0.927 bits per heavy atom. The molecule has 0 spiro atoms. The first-order chi connectivity index (χ1) is 26.2. The fourth-order valence-corrected chi connectivity index (χ4v) is 7.98. The van der Waals surface area contributed by atoms with Crippen molar-refractivity contribution in [2.45, 2.75) is 114 Å². The van der Waals surface area contributed by atoms with Crippen molar-refractivity contribution in [3.8, 4) is 0 Å². The second kappa shape index (κ2) is 18.9. The molecular weight excluding hydrogens is 782 g/mol. The fraction of sp³-hybridized carbons (Fsp3) is 0.575. The highest BCUT2D eigenvalue weighted by Gasteiger charge is 2.56. The lowest BCUT2D eigenvalue weighted by atomic mass is 9.88. The molecule has 5 rings (SSSR count). The van der Waals surface area contributed by atoms with Gasteiger partial charge in [0.15, 0.2) is 30.1 Å². The third-order valence-corrected chi connectivity index (χ3v) is 10.8. The summed E-state index contributed by atoms with van der Waals surface area (Å²) in [7, 11) is 2.69. The van der Waals surface area contributed by atoms with E-state index in [4.69, 9.17) is 37.9 Å². The Hall–Kier alpha value is -3.09. The van der Waals surface area contributed by atoms with Gasteiger partial charge < -0.3 is 48.1 Å². The maximum Gasteiger partial charge on any atom is 0.417 e. The van der Waals surface area contributed by atoms with Crippen LogP contribution in [-0.4, -0.2) is 121 Å². The Morgan fingerprint density at radius 3 is 2.07 bits per heavy atom. The predicted molar refractivity (Wildman–Crippen MR) is 200 cm³/mol. The highest BCUT2D eigenvalue weighted by Crippen LogP contribution is 2.39. The molecule has 0 bridgehead atoms. The molecule has 2 N–H and O–H groups in total. The quantitative estimate of drug-likeness (QED) is 0.215. The zero-order valence-corrected chi connectivity index (χ0v) is 33.6. The van der Waals surface area contributed by atoms with E-state index in [0.29, 0.717) is 0 Å². The van der Waals surface area contributed by atoms with E-state index in [1.807, 2.05) is 74.5 Å². The summed E-state index contributed by atoms with van der Waals surface area (Å²) in [6, 6.07) is 18.5. The number of amides is 2. The summed E-state index contributed by atoms with van der Waals surface area (Å²) in [5.41, 5.74) is 0.855. The third-order valence-electron chi connectivity index (χ3n) is 9.97. The molecule has 2 aromatic rings. The number of aliphatic hydroxyl groups excluding tert-OH is 1. The van der Waals surface area contributed by atoms with Crippen LogP contribution in [0.4, 0.5) is 4.79 Å². The summed E-state index contributed by atoms with van der Waals surface area (Å²) in [5, 5.41) is 22.1. The van der Waals surface area contributed by atoms with Gasteiger partial charge in [-0.3, -0.25) is 9.59 Å². The first-order valence-electron chi connectivity index (χ1n) is 18.4. The summed E-state index contributed by atoms with van der Waals surface area (Å²) in [5.74, 6) is -3.69. The van der Waals surface area contributed by atoms with E-state index < -0.39 is 78.1 Å². The van der Waals surface area contributed by atoms with Gasteiger partial charge in [-0.05, 0) is 59.3 Å². The molecule has 2 fully saturated rings. The van der Waals surface area contributed by atoms with Crippen LogP contribution in [-0.2, 0) is 60.7 Å². The van der Waals surface area contributed by atoms with Crippen molar-refractivity contribution in [2.24, 2.45) is 5.92 Å². The van der Waals surface area contributed by atoms with Gasteiger partial charge in [-0.25, -0.2) is 9.69 Å². The number of rotatable bonds is 17. The van der Waals surface area contributed by atoms with E-state index in [2.05, 4.69) is 15.9 Å². The first-order valence-corrected chi connectivity index (χ1v) is 19.2. The lowest BCUT2D eigenvalue weighted by Crippen LogP contribution is -2.61. The summed E-state index contributed by atoms with van der Waals surface area (Å²) in [6.45, 7) is 7.26. The van der Waals surface area contributed by atoms with Crippen LogP contribution in [0.15, 0.2) is 71.2 Å². The van der Waals surface area contributed by atoms with Gasteiger partial charge >= 0.3 is 6.09 Å². The number of nitrogens with zero attached hydrogens (tertiary/aromatic N) is 1. The van der Waals surface area contributed by atoms with Crippen molar-refractivity contribution >= 4 is 33.7 Å². The van der Waals surface area contributed by atoms with Gasteiger partial charge in [0.2, 0.25) is 0 Å². The molecule has 0 aliphatic carbocycles. The number of aliphatic hydroxyl groups is 2. The zero-order chi connectivity index (χ0) is 39.9. The van der Waals surface area contributed by atoms with Crippen LogP contribution in [0, 0.1) is 5.92 Å². The minimum atomic E-state index is -2.06. The molecule has 0 radical (unpaired) electrons. The maximum absolute atomic E-state index is 13.9. The van der Waals surface area contributed by atoms with Crippen LogP contribution < -0.4 is 0 Å². The number of ether oxygens (including phenoxy) is 8. The molecule has 15 heteroatoms. The normalized spacial score (nSPS) is 30.0. The number of halogens is 1. The lowest BCUT2D eigenvalue weighted by Gasteiger charge is -2.45. The number of hydrogen-bond acceptors (Lipinski definition) is 13. The average Bonchev–Trinajstić information content (AvgIpc) is 3.42. The number of carbonyl (C=O) groups is 3. The molecule has 0 saturated carbocycles. The highest BCUT2D eigenvalue weighted by molar-refractivity contribution is 9.11. The number of cyclic esters (lactones) is 1. The Kier molecular flexibility index (Phi) is 14.8. The van der Waals surface area contributed by atoms with E-state index in [1.54, 1.807) is 13.8 Å². The number of methoxy groups -OCH3 is 2. The average molecular weight is 835 g/mol. The number of hydrogen-bond donors (Lipinski definition) is 2. The Labute approximate surface area is 330 Å². The molecule has 2 amide bonds. The SMILES string of the molecule is CO[C@H]1O[C@H](CO)[C@@H](OCc2ccccc2)[C@H](OCc2ccccc2)[C@@H]1OCCC[C@@]1(O)O[C@H]([C@H](OC)C(=O)N2C(=O)OC(C)(C)[C@@H]2C(C)C)C(=O)C=C1Br. The van der Waals surface area contributed by atoms with E-state index in [0.717, 1.165) is 22.1 Å². The van der Waals surface area contributed by atoms with Crippen LogP contribution in [0.2, 0.25) is 0 Å². The number of carbonyl (C=O) groups excluding carboxylic acids is 3. The van der Waals surface area contributed by atoms with Crippen LogP contribution in [0.5, 0.6) is 0 Å². The number of benzene rings is 2. The number of ketones is 1. The van der Waals surface area contributed by atoms with Gasteiger partial charge in [0.25, 0.3) is 5.91 Å². The van der Waals surface area contributed by atoms with Crippen LogP contribution in [0.25, 0.3) is 0 Å². The molecule has 3 heterocycles. The van der Waals surface area contributed by atoms with Crippen LogP contribution in [0.1, 0.15) is 51.7 Å². The highest BCUT2D eigenvalue weighted by atomic mass is 79.9. The molecule has 2 saturated heterocycles. The molecule has 0 aromatic heterocycles. The molecule has 55 heavy (non-hydrogen) atoms. The smallest absolute Gasteiger partial charge is 0.417 e. The summed E-state index contributed by atoms with van der Waals surface area (Å²) in [4.78, 5) is 41.0. The lowest BCUT2D eigenvalue weighted by molar-refractivity contribution is -0.320. The van der Waals surface area contributed by atoms with Gasteiger partial charge in [0.1, 0.15) is 30.0 Å². The summed E-state index contributed by atoms with van der Waals surface area (Å²) < 4.78 is 48.0. The maximum atomic E-state index is 13.9. The van der Waals surface area contributed by atoms with Gasteiger partial charge in [-0.15, -0.1) is 0 Å².